The molecule has 0 fully saturated rings. The maximum absolute atomic E-state index is 14.2. The minimum absolute atomic E-state index is 0.166. The van der Waals surface area contributed by atoms with E-state index >= 15 is 0 Å². The molecule has 178 valence electrons. The number of fused-ring (bicyclic) bond motifs is 1. The molecular weight excluding hydrogens is 445 g/mol. The Labute approximate surface area is 204 Å². The van der Waals surface area contributed by atoms with Crippen LogP contribution in [0.2, 0.25) is 0 Å². The van der Waals surface area contributed by atoms with Crippen molar-refractivity contribution in [1.82, 2.24) is 4.90 Å². The molecule has 6 heteroatoms. The van der Waals surface area contributed by atoms with Crippen LogP contribution in [-0.4, -0.2) is 37.9 Å². The maximum Gasteiger partial charge on any atom is 0.261 e. The van der Waals surface area contributed by atoms with E-state index in [1.54, 1.807) is 36.2 Å². The zero-order chi connectivity index (χ0) is 25.1. The number of rotatable bonds is 6. The van der Waals surface area contributed by atoms with Gasteiger partial charge in [0.25, 0.3) is 5.78 Å². The van der Waals surface area contributed by atoms with Gasteiger partial charge in [0, 0.05) is 19.7 Å². The molecule has 2 aliphatic rings. The zero-order valence-corrected chi connectivity index (χ0v) is 20.1. The molecule has 0 saturated heterocycles. The van der Waals surface area contributed by atoms with Crippen LogP contribution in [0, 0.1) is 5.82 Å². The van der Waals surface area contributed by atoms with Gasteiger partial charge < -0.3 is 14.4 Å². The van der Waals surface area contributed by atoms with E-state index in [-0.39, 0.29) is 29.0 Å². The molecule has 5 nitrogen and oxygen atoms in total. The summed E-state index contributed by atoms with van der Waals surface area (Å²) in [5.41, 5.74) is 5.48. The number of benzene rings is 2. The second-order valence-electron chi connectivity index (χ2n) is 8.37. The van der Waals surface area contributed by atoms with Crippen LogP contribution in [0.15, 0.2) is 95.5 Å². The van der Waals surface area contributed by atoms with E-state index in [0.29, 0.717) is 23.3 Å². The zero-order valence-electron chi connectivity index (χ0n) is 20.1. The number of amides is 1. The van der Waals surface area contributed by atoms with Crippen molar-refractivity contribution in [2.45, 2.75) is 13.5 Å². The summed E-state index contributed by atoms with van der Waals surface area (Å²) in [4.78, 5) is 27.0. The number of allylic oxidation sites excluding steroid dienone is 7. The van der Waals surface area contributed by atoms with Crippen molar-refractivity contribution >= 4 is 22.8 Å². The first kappa shape index (κ1) is 24.0. The third kappa shape index (κ3) is 4.87. The highest BCUT2D eigenvalue weighted by molar-refractivity contribution is 6.10. The number of ketones is 1. The summed E-state index contributed by atoms with van der Waals surface area (Å²) in [5, 5.41) is 0. The van der Waals surface area contributed by atoms with Gasteiger partial charge in [0.1, 0.15) is 5.82 Å². The number of methoxy groups -OCH3 is 2. The van der Waals surface area contributed by atoms with Crippen molar-refractivity contribution in [1.29, 1.82) is 0 Å². The standard InChI is InChI=1S/C29H26FNO4/c1-18-23(12-20-13-26(34-3)29(33)27(14-20)35-4)22-11-10-21(30)15-25(22)24(18)16-28(32)31(2)17-19-8-6-5-7-9-19/h5-16H,17H2,1-4H3/b24-16-. The predicted molar refractivity (Wildman–Crippen MR) is 133 cm³/mol. The van der Waals surface area contributed by atoms with E-state index in [0.717, 1.165) is 22.3 Å². The fourth-order valence-corrected chi connectivity index (χ4v) is 4.21. The lowest BCUT2D eigenvalue weighted by molar-refractivity contribution is -0.125. The Morgan fingerprint density at radius 3 is 2.29 bits per heavy atom. The molecule has 0 aromatic heterocycles. The third-order valence-electron chi connectivity index (χ3n) is 6.07. The molecule has 0 bridgehead atoms. The fourth-order valence-electron chi connectivity index (χ4n) is 4.21. The molecule has 2 aromatic rings. The largest absolute Gasteiger partial charge is 0.492 e. The monoisotopic (exact) mass is 471 g/mol. The van der Waals surface area contributed by atoms with Gasteiger partial charge in [0.15, 0.2) is 11.5 Å². The molecule has 0 saturated carbocycles. The number of likely N-dealkylation sites (N-methyl/N-ethyl adjacent to an activating group) is 1. The lowest BCUT2D eigenvalue weighted by Gasteiger charge is -2.16. The molecule has 2 aliphatic carbocycles. The SMILES string of the molecule is COC1=CC(=CC2=C(C)/C(=C/C(=O)N(C)Cc3ccccc3)c3cc(F)ccc32)C=C(OC)C1=O. The minimum atomic E-state index is -0.382. The van der Waals surface area contributed by atoms with Gasteiger partial charge in [-0.05, 0) is 76.3 Å². The summed E-state index contributed by atoms with van der Waals surface area (Å²) in [6, 6.07) is 14.3. The molecular formula is C29H26FNO4. The van der Waals surface area contributed by atoms with Crippen LogP contribution in [0.5, 0.6) is 0 Å². The highest BCUT2D eigenvalue weighted by atomic mass is 19.1. The Morgan fingerprint density at radius 1 is 1.00 bits per heavy atom. The molecule has 1 amide bonds. The van der Waals surface area contributed by atoms with Crippen molar-refractivity contribution in [2.75, 3.05) is 21.3 Å². The molecule has 0 heterocycles. The number of nitrogens with zero attached hydrogens (tertiary/aromatic N) is 1. The highest BCUT2D eigenvalue weighted by Gasteiger charge is 2.26. The fraction of sp³-hybridized carbons (Fsp3) is 0.172. The van der Waals surface area contributed by atoms with E-state index in [4.69, 9.17) is 9.47 Å². The normalized spacial score (nSPS) is 16.1. The number of halogens is 1. The number of hydrogen-bond acceptors (Lipinski definition) is 4. The van der Waals surface area contributed by atoms with Crippen LogP contribution >= 0.6 is 0 Å². The van der Waals surface area contributed by atoms with Gasteiger partial charge in [0.05, 0.1) is 14.2 Å². The summed E-state index contributed by atoms with van der Waals surface area (Å²) in [6.07, 6.45) is 6.71. The summed E-state index contributed by atoms with van der Waals surface area (Å²) in [7, 11) is 4.59. The molecule has 0 spiro atoms. The Balaban J connectivity index is 1.75. The first-order valence-electron chi connectivity index (χ1n) is 11.1. The summed E-state index contributed by atoms with van der Waals surface area (Å²) < 4.78 is 24.7. The number of carbonyl (C=O) groups is 2. The number of carbonyl (C=O) groups excluding carboxylic acids is 2. The van der Waals surface area contributed by atoms with E-state index < -0.39 is 0 Å². The van der Waals surface area contributed by atoms with Crippen molar-refractivity contribution in [3.05, 3.63) is 118 Å². The van der Waals surface area contributed by atoms with Crippen molar-refractivity contribution < 1.29 is 23.5 Å². The molecule has 0 radical (unpaired) electrons. The second-order valence-corrected chi connectivity index (χ2v) is 8.37. The topological polar surface area (TPSA) is 55.8 Å². The minimum Gasteiger partial charge on any atom is -0.492 e. The van der Waals surface area contributed by atoms with Gasteiger partial charge in [-0.25, -0.2) is 4.39 Å². The number of Topliss-reactive ketones (excluding diaryl/α,β-unsaturated/α-hetero) is 1. The van der Waals surface area contributed by atoms with Gasteiger partial charge >= 0.3 is 0 Å². The number of hydrogen-bond donors (Lipinski definition) is 0. The molecule has 0 aliphatic heterocycles. The molecule has 0 N–H and O–H groups in total. The first-order chi connectivity index (χ1) is 16.8. The maximum atomic E-state index is 14.2. The lowest BCUT2D eigenvalue weighted by atomic mass is 9.99. The van der Waals surface area contributed by atoms with Crippen molar-refractivity contribution in [3.8, 4) is 0 Å². The van der Waals surface area contributed by atoms with E-state index in [2.05, 4.69) is 0 Å². The predicted octanol–water partition coefficient (Wildman–Crippen LogP) is 5.22. The van der Waals surface area contributed by atoms with Crippen molar-refractivity contribution in [2.24, 2.45) is 0 Å². The van der Waals surface area contributed by atoms with Crippen LogP contribution in [0.3, 0.4) is 0 Å². The summed E-state index contributed by atoms with van der Waals surface area (Å²) >= 11 is 0. The Morgan fingerprint density at radius 2 is 1.66 bits per heavy atom. The highest BCUT2D eigenvalue weighted by Crippen LogP contribution is 2.43. The van der Waals surface area contributed by atoms with Gasteiger partial charge in [-0.15, -0.1) is 0 Å². The first-order valence-corrected chi connectivity index (χ1v) is 11.1. The van der Waals surface area contributed by atoms with Crippen LogP contribution in [0.25, 0.3) is 11.1 Å². The van der Waals surface area contributed by atoms with Crippen LogP contribution in [0.4, 0.5) is 4.39 Å². The van der Waals surface area contributed by atoms with Gasteiger partial charge in [-0.2, -0.15) is 0 Å². The summed E-state index contributed by atoms with van der Waals surface area (Å²) in [5.74, 6) is -0.565. The smallest absolute Gasteiger partial charge is 0.261 e. The quantitative estimate of drug-likeness (QED) is 0.542. The average Bonchev–Trinajstić information content (AvgIpc) is 3.10. The molecule has 4 rings (SSSR count). The Bertz CT molecular complexity index is 1320. The molecule has 2 aromatic carbocycles. The Kier molecular flexibility index (Phi) is 6.82. The Hall–Kier alpha value is -4.19. The summed E-state index contributed by atoms with van der Waals surface area (Å²) in [6.45, 7) is 2.36. The third-order valence-corrected chi connectivity index (χ3v) is 6.07. The van der Waals surface area contributed by atoms with Gasteiger partial charge in [0.2, 0.25) is 5.91 Å². The second kappa shape index (κ2) is 9.97. The lowest BCUT2D eigenvalue weighted by Crippen LogP contribution is -2.24. The van der Waals surface area contributed by atoms with E-state index in [1.807, 2.05) is 43.3 Å². The van der Waals surface area contributed by atoms with E-state index in [1.165, 1.54) is 26.4 Å². The van der Waals surface area contributed by atoms with Crippen LogP contribution in [-0.2, 0) is 25.6 Å². The number of ether oxygens (including phenoxy) is 2. The molecule has 35 heavy (non-hydrogen) atoms. The molecule has 0 atom stereocenters. The van der Waals surface area contributed by atoms with E-state index in [9.17, 15) is 14.0 Å². The van der Waals surface area contributed by atoms with Gasteiger partial charge in [-0.1, -0.05) is 36.4 Å². The molecule has 0 unspecified atom stereocenters. The van der Waals surface area contributed by atoms with Crippen molar-refractivity contribution in [3.63, 3.8) is 0 Å². The van der Waals surface area contributed by atoms with Gasteiger partial charge in [-0.3, -0.25) is 9.59 Å². The van der Waals surface area contributed by atoms with Crippen LogP contribution in [0.1, 0.15) is 23.6 Å². The average molecular weight is 472 g/mol. The van der Waals surface area contributed by atoms with Crippen LogP contribution < -0.4 is 0 Å².